The third-order valence-electron chi connectivity index (χ3n) is 6.38. The highest BCUT2D eigenvalue weighted by Gasteiger charge is 2.31. The molecule has 0 atom stereocenters. The average Bonchev–Trinajstić information content (AvgIpc) is 3.46. The number of ether oxygens (including phenoxy) is 1. The van der Waals surface area contributed by atoms with E-state index in [0.717, 1.165) is 23.3 Å². The zero-order chi connectivity index (χ0) is 30.6. The van der Waals surface area contributed by atoms with E-state index in [4.69, 9.17) is 5.73 Å². The largest absolute Gasteiger partial charge is 0.443 e. The van der Waals surface area contributed by atoms with Crippen LogP contribution in [0.3, 0.4) is 0 Å². The lowest BCUT2D eigenvalue weighted by Gasteiger charge is -2.14. The molecule has 0 bridgehead atoms. The van der Waals surface area contributed by atoms with E-state index in [1.807, 2.05) is 13.0 Å². The van der Waals surface area contributed by atoms with Gasteiger partial charge in [-0.1, -0.05) is 12.1 Å². The molecule has 3 N–H and O–H groups in total. The van der Waals surface area contributed by atoms with Crippen LogP contribution in [0.5, 0.6) is 0 Å². The standard InChI is InChI=1S/C30H24F3N7O3/c1-18-4-5-20(12-26(18)39-29-36-8-6-25(38-29)21-3-2-7-35-14-21)27(41)11-19-9-22(30(31,32)33)13-24(10-19)40-15-23(37-17-40)16-43-28(34)42/h2-10,12-15,17H,11,16H2,1H3,(H2,34,42)(H,36,38,39). The Kier molecular flexibility index (Phi) is 8.14. The number of hydrogen-bond acceptors (Lipinski definition) is 8. The third-order valence-corrected chi connectivity index (χ3v) is 6.38. The van der Waals surface area contributed by atoms with E-state index in [-0.39, 0.29) is 35.8 Å². The molecule has 0 saturated heterocycles. The van der Waals surface area contributed by atoms with Crippen molar-refractivity contribution in [2.75, 3.05) is 5.32 Å². The number of carbonyl (C=O) groups excluding carboxylic acids is 2. The van der Waals surface area contributed by atoms with E-state index in [1.54, 1.807) is 48.9 Å². The predicted octanol–water partition coefficient (Wildman–Crippen LogP) is 5.82. The number of Topliss-reactive ketones (excluding diaryl/α,β-unsaturated/α-hetero) is 1. The topological polar surface area (TPSA) is 138 Å². The van der Waals surface area contributed by atoms with Gasteiger partial charge in [0.15, 0.2) is 5.78 Å². The van der Waals surface area contributed by atoms with Gasteiger partial charge in [-0.15, -0.1) is 0 Å². The van der Waals surface area contributed by atoms with Gasteiger partial charge in [-0.25, -0.2) is 19.7 Å². The maximum absolute atomic E-state index is 13.8. The number of aryl methyl sites for hydroxylation is 1. The molecular formula is C30H24F3N7O3. The van der Waals surface area contributed by atoms with Gasteiger partial charge in [-0.3, -0.25) is 9.78 Å². The van der Waals surface area contributed by atoms with Crippen LogP contribution in [0.15, 0.2) is 85.7 Å². The lowest BCUT2D eigenvalue weighted by molar-refractivity contribution is -0.137. The first-order valence-corrected chi connectivity index (χ1v) is 12.9. The van der Waals surface area contributed by atoms with Crippen molar-refractivity contribution in [3.05, 3.63) is 114 Å². The maximum Gasteiger partial charge on any atom is 0.416 e. The summed E-state index contributed by atoms with van der Waals surface area (Å²) in [6, 6.07) is 13.7. The molecule has 0 unspecified atom stereocenters. The molecule has 0 aliphatic rings. The minimum absolute atomic E-state index is 0.132. The third kappa shape index (κ3) is 7.19. The van der Waals surface area contributed by atoms with E-state index >= 15 is 0 Å². The van der Waals surface area contributed by atoms with Gasteiger partial charge < -0.3 is 20.4 Å². The highest BCUT2D eigenvalue weighted by Crippen LogP contribution is 2.32. The molecule has 218 valence electrons. The van der Waals surface area contributed by atoms with Crippen molar-refractivity contribution in [3.63, 3.8) is 0 Å². The van der Waals surface area contributed by atoms with Crippen molar-refractivity contribution in [1.82, 2.24) is 24.5 Å². The molecule has 1 amide bonds. The summed E-state index contributed by atoms with van der Waals surface area (Å²) in [5.74, 6) is -0.0861. The monoisotopic (exact) mass is 587 g/mol. The number of anilines is 2. The summed E-state index contributed by atoms with van der Waals surface area (Å²) >= 11 is 0. The summed E-state index contributed by atoms with van der Waals surface area (Å²) in [4.78, 5) is 41.1. The van der Waals surface area contributed by atoms with Crippen molar-refractivity contribution >= 4 is 23.5 Å². The van der Waals surface area contributed by atoms with Gasteiger partial charge in [-0.2, -0.15) is 13.2 Å². The molecule has 3 aromatic heterocycles. The van der Waals surface area contributed by atoms with Crippen molar-refractivity contribution in [2.24, 2.45) is 5.73 Å². The first-order chi connectivity index (χ1) is 20.5. The van der Waals surface area contributed by atoms with Gasteiger partial charge >= 0.3 is 12.3 Å². The molecule has 5 aromatic rings. The Bertz CT molecular complexity index is 1790. The van der Waals surface area contributed by atoms with Gasteiger partial charge in [-0.05, 0) is 60.5 Å². The fourth-order valence-electron chi connectivity index (χ4n) is 4.25. The van der Waals surface area contributed by atoms with Crippen LogP contribution >= 0.6 is 0 Å². The summed E-state index contributed by atoms with van der Waals surface area (Å²) in [6.07, 6.45) is 1.68. The van der Waals surface area contributed by atoms with E-state index in [0.29, 0.717) is 22.9 Å². The number of amides is 1. The predicted molar refractivity (Wildman–Crippen MR) is 151 cm³/mol. The minimum Gasteiger partial charge on any atom is -0.443 e. The van der Waals surface area contributed by atoms with Crippen LogP contribution in [0.4, 0.5) is 29.6 Å². The summed E-state index contributed by atoms with van der Waals surface area (Å²) in [6.45, 7) is 1.60. The number of alkyl halides is 3. The van der Waals surface area contributed by atoms with Crippen LogP contribution in [0.2, 0.25) is 0 Å². The number of nitrogens with one attached hydrogen (secondary N) is 1. The number of ketones is 1. The van der Waals surface area contributed by atoms with Gasteiger partial charge in [0, 0.05) is 53.7 Å². The molecule has 10 nitrogen and oxygen atoms in total. The second-order valence-electron chi connectivity index (χ2n) is 9.53. The molecule has 0 radical (unpaired) electrons. The fourth-order valence-corrected chi connectivity index (χ4v) is 4.25. The van der Waals surface area contributed by atoms with Crippen LogP contribution in [-0.4, -0.2) is 36.4 Å². The summed E-state index contributed by atoms with van der Waals surface area (Å²) in [7, 11) is 0. The van der Waals surface area contributed by atoms with Crippen LogP contribution < -0.4 is 11.1 Å². The van der Waals surface area contributed by atoms with Gasteiger partial charge in [0.25, 0.3) is 0 Å². The highest BCUT2D eigenvalue weighted by atomic mass is 19.4. The number of pyridine rings is 1. The molecule has 0 spiro atoms. The number of hydrogen-bond donors (Lipinski definition) is 2. The highest BCUT2D eigenvalue weighted by molar-refractivity contribution is 5.98. The Morgan fingerprint density at radius 2 is 1.88 bits per heavy atom. The fraction of sp³-hybridized carbons (Fsp3) is 0.133. The number of nitrogens with zero attached hydrogens (tertiary/aromatic N) is 5. The molecule has 0 aliphatic carbocycles. The van der Waals surface area contributed by atoms with E-state index in [9.17, 15) is 22.8 Å². The number of carbonyl (C=O) groups is 2. The molecule has 13 heteroatoms. The Balaban J connectivity index is 1.39. The van der Waals surface area contributed by atoms with Crippen molar-refractivity contribution in [3.8, 4) is 16.9 Å². The summed E-state index contributed by atoms with van der Waals surface area (Å²) in [5, 5.41) is 3.13. The first-order valence-electron chi connectivity index (χ1n) is 12.9. The van der Waals surface area contributed by atoms with Crippen molar-refractivity contribution in [2.45, 2.75) is 26.1 Å². The van der Waals surface area contributed by atoms with E-state index in [1.165, 1.54) is 23.2 Å². The van der Waals surface area contributed by atoms with Crippen molar-refractivity contribution in [1.29, 1.82) is 0 Å². The number of nitrogens with two attached hydrogens (primary N) is 1. The number of primary amides is 1. The number of halogens is 3. The second kappa shape index (κ2) is 12.1. The Morgan fingerprint density at radius 1 is 1.05 bits per heavy atom. The Hall–Kier alpha value is -5.59. The lowest BCUT2D eigenvalue weighted by atomic mass is 9.99. The molecule has 0 saturated carbocycles. The van der Waals surface area contributed by atoms with Gasteiger partial charge in [0.2, 0.25) is 5.95 Å². The zero-order valence-corrected chi connectivity index (χ0v) is 22.7. The molecule has 2 aromatic carbocycles. The SMILES string of the molecule is Cc1ccc(C(=O)Cc2cc(-n3cnc(COC(N)=O)c3)cc(C(F)(F)F)c2)cc1Nc1nccc(-c2cccnc2)n1. The van der Waals surface area contributed by atoms with Crippen LogP contribution in [0.25, 0.3) is 16.9 Å². The number of imidazole rings is 1. The van der Waals surface area contributed by atoms with Crippen molar-refractivity contribution < 1.29 is 27.5 Å². The van der Waals surface area contributed by atoms with Crippen LogP contribution in [-0.2, 0) is 23.9 Å². The smallest absolute Gasteiger partial charge is 0.416 e. The minimum atomic E-state index is -4.66. The number of aromatic nitrogens is 5. The average molecular weight is 588 g/mol. The quantitative estimate of drug-likeness (QED) is 0.206. The summed E-state index contributed by atoms with van der Waals surface area (Å²) < 4.78 is 47.4. The lowest BCUT2D eigenvalue weighted by Crippen LogP contribution is -2.12. The number of benzene rings is 2. The van der Waals surface area contributed by atoms with E-state index in [2.05, 4.69) is 30.0 Å². The van der Waals surface area contributed by atoms with Crippen LogP contribution in [0.1, 0.15) is 32.7 Å². The molecule has 5 rings (SSSR count). The normalized spacial score (nSPS) is 11.3. The zero-order valence-electron chi connectivity index (χ0n) is 22.7. The Labute approximate surface area is 243 Å². The second-order valence-corrected chi connectivity index (χ2v) is 9.53. The molecule has 0 fully saturated rings. The number of rotatable bonds is 9. The first kappa shape index (κ1) is 28.9. The molecule has 43 heavy (non-hydrogen) atoms. The van der Waals surface area contributed by atoms with E-state index < -0.39 is 17.8 Å². The summed E-state index contributed by atoms with van der Waals surface area (Å²) in [5.41, 5.74) is 7.74. The Morgan fingerprint density at radius 3 is 2.63 bits per heavy atom. The maximum atomic E-state index is 13.8. The van der Waals surface area contributed by atoms with Gasteiger partial charge in [0.05, 0.1) is 23.3 Å². The molecule has 3 heterocycles. The van der Waals surface area contributed by atoms with Crippen LogP contribution in [0, 0.1) is 6.92 Å². The molecule has 0 aliphatic heterocycles. The van der Waals surface area contributed by atoms with Gasteiger partial charge in [0.1, 0.15) is 6.61 Å². The molecular weight excluding hydrogens is 563 g/mol.